The summed E-state index contributed by atoms with van der Waals surface area (Å²) in [5.74, 6) is 1.24. The van der Waals surface area contributed by atoms with Crippen molar-refractivity contribution in [2.24, 2.45) is 0 Å². The molecule has 0 amide bonds. The number of hydrogen-bond donors (Lipinski definition) is 0. The number of fused-ring (bicyclic) bond motifs is 3. The van der Waals surface area contributed by atoms with E-state index >= 15 is 0 Å². The van der Waals surface area contributed by atoms with E-state index in [4.69, 9.17) is 0 Å². The van der Waals surface area contributed by atoms with Crippen molar-refractivity contribution in [3.8, 4) is 11.1 Å². The highest BCUT2D eigenvalue weighted by Gasteiger charge is 2.26. The topological polar surface area (TPSA) is 6.48 Å². The largest absolute Gasteiger partial charge is 0.364 e. The van der Waals surface area contributed by atoms with Crippen LogP contribution < -0.4 is 0 Å². The Kier molecular flexibility index (Phi) is 3.01. The van der Waals surface area contributed by atoms with Gasteiger partial charge in [-0.05, 0) is 22.3 Å². The fraction of sp³-hybridized carbons (Fsp3) is 0.222. The Balaban J connectivity index is 2.39. The highest BCUT2D eigenvalue weighted by atomic mass is 15.3. The monoisotopic (exact) mass is 264 g/mol. The van der Waals surface area contributed by atoms with E-state index in [-0.39, 0.29) is 0 Å². The maximum atomic E-state index is 2.22. The van der Waals surface area contributed by atoms with E-state index < -0.39 is 0 Å². The summed E-state index contributed by atoms with van der Waals surface area (Å²) in [4.78, 5) is 4.38. The SMILES string of the molecule is CN(C)C(=C1c2ccccc2-c2ccccc21)N(C)C. The van der Waals surface area contributed by atoms with E-state index in [2.05, 4.69) is 86.5 Å². The maximum Gasteiger partial charge on any atom is 0.112 e. The van der Waals surface area contributed by atoms with Gasteiger partial charge in [-0.2, -0.15) is 0 Å². The van der Waals surface area contributed by atoms with Crippen LogP contribution >= 0.6 is 0 Å². The molecule has 2 aromatic carbocycles. The Labute approximate surface area is 121 Å². The molecule has 0 saturated heterocycles. The van der Waals surface area contributed by atoms with E-state index in [1.165, 1.54) is 33.6 Å². The van der Waals surface area contributed by atoms with Crippen molar-refractivity contribution in [2.75, 3.05) is 28.2 Å². The van der Waals surface area contributed by atoms with E-state index in [9.17, 15) is 0 Å². The lowest BCUT2D eigenvalue weighted by Gasteiger charge is -2.27. The Bertz CT molecular complexity index is 624. The second-order valence-electron chi connectivity index (χ2n) is 5.58. The molecule has 3 rings (SSSR count). The number of hydrogen-bond acceptors (Lipinski definition) is 2. The molecule has 0 radical (unpaired) electrons. The van der Waals surface area contributed by atoms with Crippen LogP contribution in [0.5, 0.6) is 0 Å². The molecule has 2 nitrogen and oxygen atoms in total. The molecular formula is C18H20N2. The summed E-state index contributed by atoms with van der Waals surface area (Å²) in [7, 11) is 8.41. The van der Waals surface area contributed by atoms with Crippen molar-refractivity contribution in [2.45, 2.75) is 0 Å². The van der Waals surface area contributed by atoms with Crippen LogP contribution in [0.15, 0.2) is 54.4 Å². The molecule has 0 bridgehead atoms. The Morgan fingerprint density at radius 2 is 0.950 bits per heavy atom. The van der Waals surface area contributed by atoms with Gasteiger partial charge in [0.2, 0.25) is 0 Å². The molecular weight excluding hydrogens is 244 g/mol. The molecule has 0 unspecified atom stereocenters. The molecule has 0 aromatic heterocycles. The highest BCUT2D eigenvalue weighted by molar-refractivity contribution is 6.01. The molecule has 102 valence electrons. The lowest BCUT2D eigenvalue weighted by molar-refractivity contribution is 0.346. The Morgan fingerprint density at radius 3 is 1.30 bits per heavy atom. The lowest BCUT2D eigenvalue weighted by Crippen LogP contribution is -2.26. The van der Waals surface area contributed by atoms with Crippen LogP contribution in [0, 0.1) is 0 Å². The third-order valence-electron chi connectivity index (χ3n) is 3.75. The molecule has 1 aliphatic rings. The van der Waals surface area contributed by atoms with Gasteiger partial charge in [0.05, 0.1) is 0 Å². The molecule has 0 atom stereocenters. The fourth-order valence-corrected chi connectivity index (χ4v) is 3.11. The summed E-state index contributed by atoms with van der Waals surface area (Å²) < 4.78 is 0. The van der Waals surface area contributed by atoms with Gasteiger partial charge in [0.1, 0.15) is 5.82 Å². The molecule has 2 heteroatoms. The van der Waals surface area contributed by atoms with Crippen molar-refractivity contribution in [1.82, 2.24) is 9.80 Å². The van der Waals surface area contributed by atoms with Gasteiger partial charge in [-0.25, -0.2) is 0 Å². The number of nitrogens with zero attached hydrogens (tertiary/aromatic N) is 2. The maximum absolute atomic E-state index is 2.22. The fourth-order valence-electron chi connectivity index (χ4n) is 3.11. The average Bonchev–Trinajstić information content (AvgIpc) is 2.74. The van der Waals surface area contributed by atoms with Crippen molar-refractivity contribution in [1.29, 1.82) is 0 Å². The van der Waals surface area contributed by atoms with Crippen LogP contribution in [0.25, 0.3) is 16.7 Å². The quantitative estimate of drug-likeness (QED) is 0.699. The van der Waals surface area contributed by atoms with Crippen molar-refractivity contribution < 1.29 is 0 Å². The standard InChI is InChI=1S/C18H20N2/c1-19(2)18(20(3)4)17-15-11-7-5-9-13(15)14-10-6-8-12-16(14)17/h5-12H,1-4H3. The summed E-state index contributed by atoms with van der Waals surface area (Å²) in [6.45, 7) is 0. The van der Waals surface area contributed by atoms with E-state index in [0.717, 1.165) is 0 Å². The van der Waals surface area contributed by atoms with Crippen molar-refractivity contribution in [3.05, 3.63) is 65.5 Å². The predicted molar refractivity (Wildman–Crippen MR) is 85.3 cm³/mol. The first-order valence-corrected chi connectivity index (χ1v) is 6.89. The molecule has 0 aliphatic heterocycles. The van der Waals surface area contributed by atoms with Gasteiger partial charge in [0, 0.05) is 33.8 Å². The zero-order chi connectivity index (χ0) is 14.3. The van der Waals surface area contributed by atoms with Gasteiger partial charge in [0.25, 0.3) is 0 Å². The van der Waals surface area contributed by atoms with Gasteiger partial charge in [-0.15, -0.1) is 0 Å². The van der Waals surface area contributed by atoms with Gasteiger partial charge >= 0.3 is 0 Å². The van der Waals surface area contributed by atoms with E-state index in [1.54, 1.807) is 0 Å². The molecule has 2 aromatic rings. The molecule has 20 heavy (non-hydrogen) atoms. The highest BCUT2D eigenvalue weighted by Crippen LogP contribution is 2.45. The van der Waals surface area contributed by atoms with Crippen LogP contribution in [0.3, 0.4) is 0 Å². The zero-order valence-electron chi connectivity index (χ0n) is 12.5. The minimum Gasteiger partial charge on any atom is -0.364 e. The van der Waals surface area contributed by atoms with Crippen LogP contribution in [-0.4, -0.2) is 38.0 Å². The van der Waals surface area contributed by atoms with Gasteiger partial charge in [-0.3, -0.25) is 0 Å². The van der Waals surface area contributed by atoms with Crippen LogP contribution in [0.2, 0.25) is 0 Å². The second-order valence-corrected chi connectivity index (χ2v) is 5.58. The summed E-state index contributed by atoms with van der Waals surface area (Å²) in [6, 6.07) is 17.3. The first kappa shape index (κ1) is 12.8. The van der Waals surface area contributed by atoms with Gasteiger partial charge in [-0.1, -0.05) is 48.5 Å². The van der Waals surface area contributed by atoms with E-state index in [0.29, 0.717) is 0 Å². The van der Waals surface area contributed by atoms with Crippen LogP contribution in [0.1, 0.15) is 11.1 Å². The van der Waals surface area contributed by atoms with Crippen molar-refractivity contribution in [3.63, 3.8) is 0 Å². The number of benzene rings is 2. The minimum atomic E-state index is 1.24. The zero-order valence-corrected chi connectivity index (χ0v) is 12.5. The first-order chi connectivity index (χ1) is 9.61. The van der Waals surface area contributed by atoms with Crippen LogP contribution in [0.4, 0.5) is 0 Å². The normalized spacial score (nSPS) is 11.9. The average molecular weight is 264 g/mol. The third kappa shape index (κ3) is 1.80. The summed E-state index contributed by atoms with van der Waals surface area (Å²) in [5.41, 5.74) is 6.64. The van der Waals surface area contributed by atoms with Gasteiger partial charge in [0.15, 0.2) is 0 Å². The molecule has 1 aliphatic carbocycles. The first-order valence-electron chi connectivity index (χ1n) is 6.89. The predicted octanol–water partition coefficient (Wildman–Crippen LogP) is 3.51. The van der Waals surface area contributed by atoms with E-state index in [1.807, 2.05) is 0 Å². The molecule has 0 saturated carbocycles. The van der Waals surface area contributed by atoms with Crippen molar-refractivity contribution >= 4 is 5.57 Å². The minimum absolute atomic E-state index is 1.24. The summed E-state index contributed by atoms with van der Waals surface area (Å²) in [5, 5.41) is 0. The summed E-state index contributed by atoms with van der Waals surface area (Å²) in [6.07, 6.45) is 0. The smallest absolute Gasteiger partial charge is 0.112 e. The molecule has 0 spiro atoms. The molecule has 0 N–H and O–H groups in total. The van der Waals surface area contributed by atoms with Crippen LogP contribution in [-0.2, 0) is 0 Å². The van der Waals surface area contributed by atoms with Gasteiger partial charge < -0.3 is 9.80 Å². The lowest BCUT2D eigenvalue weighted by atomic mass is 10.0. The Hall–Kier alpha value is -2.22. The number of rotatable bonds is 2. The second kappa shape index (κ2) is 4.71. The Morgan fingerprint density at radius 1 is 0.600 bits per heavy atom. The summed E-state index contributed by atoms with van der Waals surface area (Å²) >= 11 is 0. The molecule has 0 heterocycles. The molecule has 0 fully saturated rings. The third-order valence-corrected chi connectivity index (χ3v) is 3.75.